The molecule has 0 fully saturated rings. The van der Waals surface area contributed by atoms with E-state index in [4.69, 9.17) is 9.47 Å². The summed E-state index contributed by atoms with van der Waals surface area (Å²) in [5, 5.41) is 0. The zero-order valence-electron chi connectivity index (χ0n) is 8.73. The predicted molar refractivity (Wildman–Crippen MR) is 56.5 cm³/mol. The summed E-state index contributed by atoms with van der Waals surface area (Å²) in [4.78, 5) is 10.6. The van der Waals surface area contributed by atoms with Gasteiger partial charge in [-0.2, -0.15) is 0 Å². The summed E-state index contributed by atoms with van der Waals surface area (Å²) in [7, 11) is 1.64. The van der Waals surface area contributed by atoms with Crippen molar-refractivity contribution in [3.8, 4) is 11.5 Å². The van der Waals surface area contributed by atoms with Gasteiger partial charge in [0.1, 0.15) is 17.8 Å². The van der Waals surface area contributed by atoms with E-state index in [-0.39, 0.29) is 5.92 Å². The summed E-state index contributed by atoms with van der Waals surface area (Å²) in [6.45, 7) is 0.692. The van der Waals surface area contributed by atoms with Crippen LogP contribution in [0.5, 0.6) is 11.5 Å². The Morgan fingerprint density at radius 3 is 3.20 bits per heavy atom. The number of methoxy groups -OCH3 is 1. The molecule has 0 aliphatic carbocycles. The van der Waals surface area contributed by atoms with Gasteiger partial charge in [-0.3, -0.25) is 0 Å². The van der Waals surface area contributed by atoms with Gasteiger partial charge in [0.15, 0.2) is 0 Å². The van der Waals surface area contributed by atoms with E-state index in [0.717, 1.165) is 29.8 Å². The van der Waals surface area contributed by atoms with Crippen LogP contribution >= 0.6 is 0 Å². The number of ether oxygens (including phenoxy) is 2. The number of carbonyl (C=O) groups is 1. The fourth-order valence-electron chi connectivity index (χ4n) is 1.93. The van der Waals surface area contributed by atoms with Gasteiger partial charge in [0.25, 0.3) is 0 Å². The van der Waals surface area contributed by atoms with Crippen molar-refractivity contribution in [2.24, 2.45) is 0 Å². The van der Waals surface area contributed by atoms with Gasteiger partial charge in [-0.1, -0.05) is 0 Å². The highest BCUT2D eigenvalue weighted by molar-refractivity contribution is 5.54. The molecule has 15 heavy (non-hydrogen) atoms. The largest absolute Gasteiger partial charge is 0.497 e. The number of hydrogen-bond acceptors (Lipinski definition) is 3. The van der Waals surface area contributed by atoms with Crippen molar-refractivity contribution in [3.63, 3.8) is 0 Å². The number of rotatable bonds is 3. The lowest BCUT2D eigenvalue weighted by Gasteiger charge is -2.24. The SMILES string of the molecule is COc1ccc2c(c1)C(CC=O)CCO2. The Kier molecular flexibility index (Phi) is 2.90. The summed E-state index contributed by atoms with van der Waals surface area (Å²) >= 11 is 0. The van der Waals surface area contributed by atoms with Crippen LogP contribution in [0.4, 0.5) is 0 Å². The van der Waals surface area contributed by atoms with Crippen molar-refractivity contribution in [2.75, 3.05) is 13.7 Å². The molecule has 1 aliphatic rings. The molecule has 1 aromatic carbocycles. The zero-order valence-corrected chi connectivity index (χ0v) is 8.73. The smallest absolute Gasteiger partial charge is 0.123 e. The Hall–Kier alpha value is -1.51. The average molecular weight is 206 g/mol. The molecular formula is C12H14O3. The van der Waals surface area contributed by atoms with Gasteiger partial charge in [-0.25, -0.2) is 0 Å². The third kappa shape index (κ3) is 1.96. The molecule has 0 amide bonds. The number of carbonyl (C=O) groups excluding carboxylic acids is 1. The molecule has 0 saturated heterocycles. The Bertz CT molecular complexity index is 360. The van der Waals surface area contributed by atoms with E-state index in [0.29, 0.717) is 13.0 Å². The van der Waals surface area contributed by atoms with E-state index in [1.165, 1.54) is 0 Å². The lowest BCUT2D eigenvalue weighted by molar-refractivity contribution is -0.108. The van der Waals surface area contributed by atoms with Crippen molar-refractivity contribution in [3.05, 3.63) is 23.8 Å². The summed E-state index contributed by atoms with van der Waals surface area (Å²) in [6, 6.07) is 5.75. The van der Waals surface area contributed by atoms with Crippen LogP contribution in [0.1, 0.15) is 24.3 Å². The molecule has 1 aliphatic heterocycles. The molecule has 1 atom stereocenters. The van der Waals surface area contributed by atoms with Crippen molar-refractivity contribution < 1.29 is 14.3 Å². The van der Waals surface area contributed by atoms with Gasteiger partial charge >= 0.3 is 0 Å². The second kappa shape index (κ2) is 4.34. The van der Waals surface area contributed by atoms with E-state index in [1.54, 1.807) is 7.11 Å². The third-order valence-corrected chi connectivity index (χ3v) is 2.76. The number of hydrogen-bond donors (Lipinski definition) is 0. The van der Waals surface area contributed by atoms with Gasteiger partial charge in [0, 0.05) is 12.0 Å². The van der Waals surface area contributed by atoms with E-state index >= 15 is 0 Å². The summed E-state index contributed by atoms with van der Waals surface area (Å²) < 4.78 is 10.7. The van der Waals surface area contributed by atoms with Crippen LogP contribution in [0.2, 0.25) is 0 Å². The molecule has 3 nitrogen and oxygen atoms in total. The molecule has 0 N–H and O–H groups in total. The maximum atomic E-state index is 10.6. The zero-order chi connectivity index (χ0) is 10.7. The van der Waals surface area contributed by atoms with Crippen LogP contribution in [-0.4, -0.2) is 20.0 Å². The standard InChI is InChI=1S/C12H14O3/c1-14-10-2-3-12-11(8-10)9(4-6-13)5-7-15-12/h2-3,6,8-9H,4-5,7H2,1H3. The predicted octanol–water partition coefficient (Wildman–Crippen LogP) is 2.15. The molecule has 1 heterocycles. The van der Waals surface area contributed by atoms with E-state index < -0.39 is 0 Å². The summed E-state index contributed by atoms with van der Waals surface area (Å²) in [6.07, 6.45) is 2.43. The molecule has 0 spiro atoms. The Morgan fingerprint density at radius 2 is 2.47 bits per heavy atom. The van der Waals surface area contributed by atoms with E-state index in [9.17, 15) is 4.79 Å². The highest BCUT2D eigenvalue weighted by Crippen LogP contribution is 2.37. The minimum atomic E-state index is 0.279. The Balaban J connectivity index is 2.34. The van der Waals surface area contributed by atoms with E-state index in [1.807, 2.05) is 18.2 Å². The first-order chi connectivity index (χ1) is 7.35. The molecule has 0 saturated carbocycles. The fourth-order valence-corrected chi connectivity index (χ4v) is 1.93. The Morgan fingerprint density at radius 1 is 1.60 bits per heavy atom. The van der Waals surface area contributed by atoms with Gasteiger partial charge in [-0.05, 0) is 30.5 Å². The minimum absolute atomic E-state index is 0.279. The molecular weight excluding hydrogens is 192 g/mol. The molecule has 1 aromatic rings. The molecule has 80 valence electrons. The first kappa shape index (κ1) is 10.0. The van der Waals surface area contributed by atoms with Crippen molar-refractivity contribution in [2.45, 2.75) is 18.8 Å². The van der Waals surface area contributed by atoms with Crippen LogP contribution in [0.25, 0.3) is 0 Å². The molecule has 0 radical (unpaired) electrons. The van der Waals surface area contributed by atoms with Crippen molar-refractivity contribution in [1.29, 1.82) is 0 Å². The first-order valence-electron chi connectivity index (χ1n) is 5.09. The second-order valence-corrected chi connectivity index (χ2v) is 3.64. The second-order valence-electron chi connectivity index (χ2n) is 3.64. The molecule has 0 bridgehead atoms. The quantitative estimate of drug-likeness (QED) is 0.711. The van der Waals surface area contributed by atoms with Crippen LogP contribution in [0.3, 0.4) is 0 Å². The molecule has 2 rings (SSSR count). The first-order valence-corrected chi connectivity index (χ1v) is 5.09. The number of benzene rings is 1. The third-order valence-electron chi connectivity index (χ3n) is 2.76. The molecule has 3 heteroatoms. The van der Waals surface area contributed by atoms with Crippen LogP contribution in [-0.2, 0) is 4.79 Å². The highest BCUT2D eigenvalue weighted by Gasteiger charge is 2.21. The number of aldehydes is 1. The van der Waals surface area contributed by atoms with Crippen LogP contribution in [0.15, 0.2) is 18.2 Å². The van der Waals surface area contributed by atoms with E-state index in [2.05, 4.69) is 0 Å². The molecule has 1 unspecified atom stereocenters. The topological polar surface area (TPSA) is 35.5 Å². The minimum Gasteiger partial charge on any atom is -0.497 e. The van der Waals surface area contributed by atoms with Gasteiger partial charge in [0.05, 0.1) is 13.7 Å². The lowest BCUT2D eigenvalue weighted by atomic mass is 9.91. The molecule has 0 aromatic heterocycles. The number of fused-ring (bicyclic) bond motifs is 1. The van der Waals surface area contributed by atoms with Gasteiger partial charge in [-0.15, -0.1) is 0 Å². The fraction of sp³-hybridized carbons (Fsp3) is 0.417. The maximum Gasteiger partial charge on any atom is 0.123 e. The van der Waals surface area contributed by atoms with Crippen molar-refractivity contribution >= 4 is 6.29 Å². The van der Waals surface area contributed by atoms with Crippen LogP contribution < -0.4 is 9.47 Å². The summed E-state index contributed by atoms with van der Waals surface area (Å²) in [5.41, 5.74) is 1.09. The van der Waals surface area contributed by atoms with Crippen LogP contribution in [0, 0.1) is 0 Å². The maximum absolute atomic E-state index is 10.6. The Labute approximate surface area is 89.0 Å². The van der Waals surface area contributed by atoms with Crippen molar-refractivity contribution in [1.82, 2.24) is 0 Å². The monoisotopic (exact) mass is 206 g/mol. The average Bonchev–Trinajstić information content (AvgIpc) is 2.29. The lowest BCUT2D eigenvalue weighted by Crippen LogP contribution is -2.14. The normalized spacial score (nSPS) is 18.9. The summed E-state index contributed by atoms with van der Waals surface area (Å²) in [5.74, 6) is 1.98. The van der Waals surface area contributed by atoms with Gasteiger partial charge < -0.3 is 14.3 Å². The van der Waals surface area contributed by atoms with Gasteiger partial charge in [0.2, 0.25) is 0 Å². The highest BCUT2D eigenvalue weighted by atomic mass is 16.5.